The van der Waals surface area contributed by atoms with Crippen LogP contribution in [0.5, 0.6) is 0 Å². The van der Waals surface area contributed by atoms with Crippen molar-refractivity contribution in [1.29, 1.82) is 0 Å². The van der Waals surface area contributed by atoms with Gasteiger partial charge in [-0.25, -0.2) is 4.68 Å². The standard InChI is InChI=1S/C11H11BrF3N5/c12-9-3-2-7(16)6-8(9)10-17-18-19-20(10)5-1-4-11(13,14)15/h2-3,6H,1,4-5,16H2. The van der Waals surface area contributed by atoms with E-state index in [4.69, 9.17) is 5.73 Å². The van der Waals surface area contributed by atoms with Crippen LogP contribution in [-0.4, -0.2) is 26.4 Å². The molecule has 0 amide bonds. The monoisotopic (exact) mass is 349 g/mol. The quantitative estimate of drug-likeness (QED) is 0.861. The zero-order valence-corrected chi connectivity index (χ0v) is 11.8. The molecule has 5 nitrogen and oxygen atoms in total. The third-order valence-electron chi connectivity index (χ3n) is 2.59. The molecule has 1 aromatic heterocycles. The topological polar surface area (TPSA) is 69.6 Å². The van der Waals surface area contributed by atoms with E-state index in [1.54, 1.807) is 18.2 Å². The Labute approximate surface area is 121 Å². The van der Waals surface area contributed by atoms with Crippen molar-refractivity contribution in [3.05, 3.63) is 22.7 Å². The fourth-order valence-corrected chi connectivity index (χ4v) is 2.12. The van der Waals surface area contributed by atoms with E-state index in [2.05, 4.69) is 31.5 Å². The van der Waals surface area contributed by atoms with Crippen LogP contribution in [-0.2, 0) is 6.54 Å². The number of nitrogen functional groups attached to an aromatic ring is 1. The molecular formula is C11H11BrF3N5. The van der Waals surface area contributed by atoms with Crippen LogP contribution in [0.25, 0.3) is 11.4 Å². The Morgan fingerprint density at radius 2 is 2.05 bits per heavy atom. The molecule has 0 saturated heterocycles. The second-order valence-electron chi connectivity index (χ2n) is 4.18. The molecule has 2 aromatic rings. The van der Waals surface area contributed by atoms with Crippen molar-refractivity contribution < 1.29 is 13.2 Å². The molecular weight excluding hydrogens is 339 g/mol. The molecule has 1 heterocycles. The van der Waals surface area contributed by atoms with E-state index < -0.39 is 12.6 Å². The van der Waals surface area contributed by atoms with Crippen molar-refractivity contribution in [2.24, 2.45) is 0 Å². The average molecular weight is 350 g/mol. The number of alkyl halides is 3. The van der Waals surface area contributed by atoms with E-state index in [1.807, 2.05) is 0 Å². The summed E-state index contributed by atoms with van der Waals surface area (Å²) in [6.45, 7) is 0.0864. The number of aromatic nitrogens is 4. The summed E-state index contributed by atoms with van der Waals surface area (Å²) in [5.41, 5.74) is 6.86. The number of hydrogen-bond donors (Lipinski definition) is 1. The van der Waals surface area contributed by atoms with Gasteiger partial charge >= 0.3 is 6.18 Å². The second kappa shape index (κ2) is 5.78. The lowest BCUT2D eigenvalue weighted by atomic mass is 10.2. The second-order valence-corrected chi connectivity index (χ2v) is 5.04. The highest BCUT2D eigenvalue weighted by atomic mass is 79.9. The molecule has 0 aliphatic heterocycles. The Morgan fingerprint density at radius 3 is 2.75 bits per heavy atom. The fraction of sp³-hybridized carbons (Fsp3) is 0.364. The van der Waals surface area contributed by atoms with E-state index in [0.717, 1.165) is 4.47 Å². The van der Waals surface area contributed by atoms with Crippen molar-refractivity contribution >= 4 is 21.6 Å². The van der Waals surface area contributed by atoms with Gasteiger partial charge in [0.05, 0.1) is 0 Å². The summed E-state index contributed by atoms with van der Waals surface area (Å²) in [5, 5.41) is 11.1. The van der Waals surface area contributed by atoms with E-state index in [-0.39, 0.29) is 13.0 Å². The van der Waals surface area contributed by atoms with Gasteiger partial charge in [-0.15, -0.1) is 5.10 Å². The molecule has 0 bridgehead atoms. The average Bonchev–Trinajstić information content (AvgIpc) is 2.79. The van der Waals surface area contributed by atoms with Crippen LogP contribution >= 0.6 is 15.9 Å². The van der Waals surface area contributed by atoms with Crippen LogP contribution in [0, 0.1) is 0 Å². The zero-order chi connectivity index (χ0) is 14.8. The molecule has 2 rings (SSSR count). The van der Waals surface area contributed by atoms with Crippen LogP contribution in [0.2, 0.25) is 0 Å². The molecule has 2 N–H and O–H groups in total. The SMILES string of the molecule is Nc1ccc(Br)c(-c2nnnn2CCCC(F)(F)F)c1. The first-order valence-electron chi connectivity index (χ1n) is 5.75. The van der Waals surface area contributed by atoms with Crippen LogP contribution in [0.3, 0.4) is 0 Å². The molecule has 0 aliphatic rings. The smallest absolute Gasteiger partial charge is 0.389 e. The molecule has 0 saturated carbocycles. The van der Waals surface area contributed by atoms with Crippen molar-refractivity contribution in [3.8, 4) is 11.4 Å². The van der Waals surface area contributed by atoms with E-state index in [1.165, 1.54) is 4.68 Å². The highest BCUT2D eigenvalue weighted by Gasteiger charge is 2.26. The lowest BCUT2D eigenvalue weighted by Gasteiger charge is -2.08. The van der Waals surface area contributed by atoms with E-state index in [9.17, 15) is 13.2 Å². The predicted octanol–water partition coefficient (Wildman–Crippen LogP) is 3.03. The number of anilines is 1. The third kappa shape index (κ3) is 3.69. The summed E-state index contributed by atoms with van der Waals surface area (Å²) in [5.74, 6) is 0.381. The maximum absolute atomic E-state index is 12.1. The van der Waals surface area contributed by atoms with Gasteiger partial charge in [-0.1, -0.05) is 15.9 Å². The number of tetrazole rings is 1. The minimum absolute atomic E-state index is 0.0819. The number of rotatable bonds is 4. The number of benzene rings is 1. The maximum atomic E-state index is 12.1. The highest BCUT2D eigenvalue weighted by Crippen LogP contribution is 2.29. The van der Waals surface area contributed by atoms with Crippen LogP contribution < -0.4 is 5.73 Å². The maximum Gasteiger partial charge on any atom is 0.389 e. The van der Waals surface area contributed by atoms with Crippen molar-refractivity contribution in [3.63, 3.8) is 0 Å². The lowest BCUT2D eigenvalue weighted by molar-refractivity contribution is -0.136. The Kier molecular flexibility index (Phi) is 4.26. The first kappa shape index (κ1) is 14.8. The van der Waals surface area contributed by atoms with Gasteiger partial charge in [0.1, 0.15) is 0 Å². The van der Waals surface area contributed by atoms with Gasteiger partial charge in [0.15, 0.2) is 5.82 Å². The molecule has 108 valence electrons. The van der Waals surface area contributed by atoms with E-state index >= 15 is 0 Å². The molecule has 0 fully saturated rings. The number of nitrogens with zero attached hydrogens (tertiary/aromatic N) is 4. The summed E-state index contributed by atoms with van der Waals surface area (Å²) in [7, 11) is 0. The van der Waals surface area contributed by atoms with Crippen LogP contribution in [0.15, 0.2) is 22.7 Å². The van der Waals surface area contributed by atoms with Crippen molar-refractivity contribution in [2.75, 3.05) is 5.73 Å². The van der Waals surface area contributed by atoms with Crippen LogP contribution in [0.4, 0.5) is 18.9 Å². The van der Waals surface area contributed by atoms with Gasteiger partial charge in [-0.3, -0.25) is 0 Å². The minimum Gasteiger partial charge on any atom is -0.399 e. The molecule has 20 heavy (non-hydrogen) atoms. The molecule has 0 aliphatic carbocycles. The van der Waals surface area contributed by atoms with Gasteiger partial charge < -0.3 is 5.73 Å². The highest BCUT2D eigenvalue weighted by molar-refractivity contribution is 9.10. The Bertz CT molecular complexity index is 596. The molecule has 9 heteroatoms. The fourth-order valence-electron chi connectivity index (χ4n) is 1.69. The summed E-state index contributed by atoms with van der Waals surface area (Å²) >= 11 is 3.34. The number of halogens is 4. The Morgan fingerprint density at radius 1 is 1.30 bits per heavy atom. The molecule has 0 atom stereocenters. The molecule has 0 unspecified atom stereocenters. The number of aryl methyl sites for hydroxylation is 1. The molecule has 0 radical (unpaired) electrons. The van der Waals surface area contributed by atoms with Gasteiger partial charge in [0, 0.05) is 28.7 Å². The molecule has 1 aromatic carbocycles. The normalized spacial score (nSPS) is 11.8. The van der Waals surface area contributed by atoms with Gasteiger partial charge in [0.2, 0.25) is 0 Å². The summed E-state index contributed by atoms with van der Waals surface area (Å²) < 4.78 is 38.5. The Hall–Kier alpha value is -1.64. The van der Waals surface area contributed by atoms with E-state index in [0.29, 0.717) is 17.1 Å². The first-order chi connectivity index (χ1) is 9.37. The van der Waals surface area contributed by atoms with Crippen LogP contribution in [0.1, 0.15) is 12.8 Å². The number of nitrogens with two attached hydrogens (primary N) is 1. The lowest BCUT2D eigenvalue weighted by Crippen LogP contribution is -2.10. The molecule has 0 spiro atoms. The van der Waals surface area contributed by atoms with Crippen molar-refractivity contribution in [1.82, 2.24) is 20.2 Å². The summed E-state index contributed by atoms with van der Waals surface area (Å²) in [4.78, 5) is 0. The summed E-state index contributed by atoms with van der Waals surface area (Å²) in [6, 6.07) is 5.10. The predicted molar refractivity (Wildman–Crippen MR) is 70.7 cm³/mol. The summed E-state index contributed by atoms with van der Waals surface area (Å²) in [6.07, 6.45) is -5.13. The first-order valence-corrected chi connectivity index (χ1v) is 6.54. The van der Waals surface area contributed by atoms with Gasteiger partial charge in [-0.05, 0) is 35.0 Å². The van der Waals surface area contributed by atoms with Crippen molar-refractivity contribution in [2.45, 2.75) is 25.6 Å². The zero-order valence-electron chi connectivity index (χ0n) is 10.2. The largest absolute Gasteiger partial charge is 0.399 e. The minimum atomic E-state index is -4.17. The Balaban J connectivity index is 2.18. The van der Waals surface area contributed by atoms with Gasteiger partial charge in [-0.2, -0.15) is 13.2 Å². The third-order valence-corrected chi connectivity index (χ3v) is 3.28. The number of hydrogen-bond acceptors (Lipinski definition) is 4. The van der Waals surface area contributed by atoms with Gasteiger partial charge in [0.25, 0.3) is 0 Å².